The third-order valence-electron chi connectivity index (χ3n) is 17.1. The summed E-state index contributed by atoms with van der Waals surface area (Å²) in [6.45, 7) is 9.62. The Morgan fingerprint density at radius 2 is 0.494 bits per heavy atom. The highest BCUT2D eigenvalue weighted by Crippen LogP contribution is 2.49. The molecule has 85 heavy (non-hydrogen) atoms. The summed E-state index contributed by atoms with van der Waals surface area (Å²) < 4.78 is 6.76. The summed E-state index contributed by atoms with van der Waals surface area (Å²) in [7, 11) is 0. The molecule has 0 aliphatic heterocycles. The van der Waals surface area contributed by atoms with Crippen LogP contribution in [0.2, 0.25) is 0 Å². The fourth-order valence-corrected chi connectivity index (χ4v) is 13.1. The van der Waals surface area contributed by atoms with E-state index in [0.717, 1.165) is 132 Å². The zero-order chi connectivity index (χ0) is 56.5. The van der Waals surface area contributed by atoms with Gasteiger partial charge in [-0.15, -0.1) is 0 Å². The summed E-state index contributed by atoms with van der Waals surface area (Å²) in [4.78, 5) is 4.66. The van der Waals surface area contributed by atoms with Gasteiger partial charge in [-0.2, -0.15) is 5.26 Å². The lowest BCUT2D eigenvalue weighted by molar-refractivity contribution is 1.09. The van der Waals surface area contributed by atoms with Crippen molar-refractivity contribution in [1.82, 2.24) is 13.7 Å². The number of rotatable bonds is 9. The maximum atomic E-state index is 12.3. The third-order valence-corrected chi connectivity index (χ3v) is 17.1. The Hall–Kier alpha value is -11.8. The highest BCUT2D eigenvalue weighted by Gasteiger charge is 2.29. The summed E-state index contributed by atoms with van der Waals surface area (Å²) in [5, 5.41) is 18.6. The van der Waals surface area contributed by atoms with Crippen LogP contribution in [-0.2, 0) is 0 Å². The molecule has 5 heteroatoms. The Kier molecular flexibility index (Phi) is 11.6. The van der Waals surface area contributed by atoms with Crippen LogP contribution in [0.5, 0.6) is 0 Å². The third kappa shape index (κ3) is 8.06. The molecule has 0 aliphatic rings. The van der Waals surface area contributed by atoms with E-state index in [4.69, 9.17) is 0 Å². The Morgan fingerprint density at radius 3 is 0.729 bits per heavy atom. The lowest BCUT2D eigenvalue weighted by Crippen LogP contribution is -2.08. The number of nitrogens with zero attached hydrogens (tertiary/aromatic N) is 5. The van der Waals surface area contributed by atoms with Gasteiger partial charge in [-0.25, -0.2) is 4.85 Å². The SMILES string of the molecule is [C-]#[N+]c1c(-n2c3ccc(-c4ccccc4)cc3c3cc(-c4ccccc4)ccc32)cc(-n2c3ccc(-c4ccccc4)cc3c3cc(-c4ccccc4)ccc32)c(C#N)c1-n1c2ccc(-c3ccccc3)cc2c2cc(-c3ccccc3)ccc21. The van der Waals surface area contributed by atoms with E-state index in [1.165, 1.54) is 0 Å². The van der Waals surface area contributed by atoms with Gasteiger partial charge in [0.1, 0.15) is 6.07 Å². The molecule has 0 saturated carbocycles. The van der Waals surface area contributed by atoms with Gasteiger partial charge in [-0.3, -0.25) is 0 Å². The second kappa shape index (κ2) is 20.0. The quantitative estimate of drug-likeness (QED) is 0.133. The molecule has 0 bridgehead atoms. The molecule has 16 rings (SSSR count). The van der Waals surface area contributed by atoms with Gasteiger partial charge >= 0.3 is 0 Å². The molecule has 0 saturated heterocycles. The average molecular weight is 1080 g/mol. The van der Waals surface area contributed by atoms with Crippen LogP contribution in [0, 0.1) is 17.9 Å². The van der Waals surface area contributed by atoms with Crippen LogP contribution in [0.1, 0.15) is 5.56 Å². The van der Waals surface area contributed by atoms with E-state index in [-0.39, 0.29) is 0 Å². The number of hydrogen-bond acceptors (Lipinski definition) is 1. The number of fused-ring (bicyclic) bond motifs is 9. The average Bonchev–Trinajstić information content (AvgIpc) is 1.93. The molecule has 0 spiro atoms. The lowest BCUT2D eigenvalue weighted by Gasteiger charge is -2.22. The Labute approximate surface area is 491 Å². The fourth-order valence-electron chi connectivity index (χ4n) is 13.1. The summed E-state index contributed by atoms with van der Waals surface area (Å²) in [6.07, 6.45) is 0. The van der Waals surface area contributed by atoms with Gasteiger partial charge in [0.15, 0.2) is 0 Å². The number of aromatic nitrogens is 3. The summed E-state index contributed by atoms with van der Waals surface area (Å²) >= 11 is 0. The summed E-state index contributed by atoms with van der Waals surface area (Å²) in [5.74, 6) is 0. The first-order chi connectivity index (χ1) is 42.1. The van der Waals surface area contributed by atoms with Gasteiger partial charge in [0.2, 0.25) is 5.69 Å². The van der Waals surface area contributed by atoms with Crippen molar-refractivity contribution < 1.29 is 0 Å². The Balaban J connectivity index is 1.07. The standard InChI is InChI=1S/C80H49N5/c1-82-79-78(84-73-40-34-60(54-24-12-4-13-25-54)46-66(73)67-47-61(35-41-74(67)84)55-26-14-5-15-27-55)50-77(83-71-38-32-58(52-20-8-2-9-21-52)44-64(71)65-45-59(33-39-72(65)83)53-22-10-3-11-23-53)70(51-81)80(79)85-75-42-36-62(56-28-16-6-17-29-56)48-68(75)69-49-63(37-43-76(69)85)57-30-18-7-19-31-57/h2-50H. The van der Waals surface area contributed by atoms with E-state index in [1.807, 2.05) is 12.1 Å². The number of nitriles is 1. The van der Waals surface area contributed by atoms with Gasteiger partial charge in [-0.1, -0.05) is 218 Å². The van der Waals surface area contributed by atoms with Crippen LogP contribution < -0.4 is 0 Å². The van der Waals surface area contributed by atoms with Crippen LogP contribution in [0.15, 0.2) is 297 Å². The second-order valence-electron chi connectivity index (χ2n) is 21.8. The van der Waals surface area contributed by atoms with E-state index in [0.29, 0.717) is 28.3 Å². The number of hydrogen-bond donors (Lipinski definition) is 0. The first-order valence-corrected chi connectivity index (χ1v) is 28.7. The summed E-state index contributed by atoms with van der Waals surface area (Å²) in [6, 6.07) is 108. The van der Waals surface area contributed by atoms with Crippen LogP contribution >= 0.6 is 0 Å². The minimum atomic E-state index is 0.356. The van der Waals surface area contributed by atoms with Crippen molar-refractivity contribution in [1.29, 1.82) is 5.26 Å². The van der Waals surface area contributed by atoms with Crippen LogP contribution in [-0.4, -0.2) is 13.7 Å². The van der Waals surface area contributed by atoms with Gasteiger partial charge in [0.25, 0.3) is 0 Å². The largest absolute Gasteiger partial charge is 0.319 e. The molecule has 0 unspecified atom stereocenters. The zero-order valence-electron chi connectivity index (χ0n) is 46.0. The Bertz CT molecular complexity index is 4870. The first-order valence-electron chi connectivity index (χ1n) is 28.7. The first kappa shape index (κ1) is 49.1. The fraction of sp³-hybridized carbons (Fsp3) is 0. The van der Waals surface area contributed by atoms with Gasteiger partial charge < -0.3 is 13.7 Å². The van der Waals surface area contributed by atoms with E-state index in [2.05, 4.69) is 310 Å². The van der Waals surface area contributed by atoms with Crippen LogP contribution in [0.25, 0.3) is 154 Å². The summed E-state index contributed by atoms with van der Waals surface area (Å²) in [5.41, 5.74) is 21.3. The van der Waals surface area contributed by atoms with E-state index in [1.54, 1.807) is 0 Å². The molecule has 0 atom stereocenters. The minimum Gasteiger partial charge on any atom is -0.319 e. The lowest BCUT2D eigenvalue weighted by atomic mass is 10.0. The Morgan fingerprint density at radius 1 is 0.259 bits per heavy atom. The van der Waals surface area contributed by atoms with Crippen LogP contribution in [0.3, 0.4) is 0 Å². The monoisotopic (exact) mass is 1080 g/mol. The van der Waals surface area contributed by atoms with Crippen molar-refractivity contribution in [2.45, 2.75) is 0 Å². The van der Waals surface area contributed by atoms with Crippen molar-refractivity contribution in [3.8, 4) is 89.9 Å². The topological polar surface area (TPSA) is 42.9 Å². The predicted octanol–water partition coefficient (Wildman–Crippen LogP) is 21.4. The zero-order valence-corrected chi connectivity index (χ0v) is 46.0. The molecule has 13 aromatic carbocycles. The van der Waals surface area contributed by atoms with Crippen molar-refractivity contribution in [2.24, 2.45) is 0 Å². The van der Waals surface area contributed by atoms with Gasteiger partial charge in [0, 0.05) is 32.3 Å². The minimum absolute atomic E-state index is 0.356. The molecule has 3 aromatic heterocycles. The molecular formula is C80H49N5. The molecule has 0 fully saturated rings. The molecule has 16 aromatic rings. The number of benzene rings is 13. The van der Waals surface area contributed by atoms with E-state index in [9.17, 15) is 11.8 Å². The molecule has 5 nitrogen and oxygen atoms in total. The molecule has 0 aliphatic carbocycles. The molecule has 394 valence electrons. The molecule has 0 amide bonds. The highest BCUT2D eigenvalue weighted by atomic mass is 15.1. The smallest absolute Gasteiger partial charge is 0.235 e. The van der Waals surface area contributed by atoms with Crippen molar-refractivity contribution in [3.63, 3.8) is 0 Å². The van der Waals surface area contributed by atoms with Crippen LogP contribution in [0.4, 0.5) is 5.69 Å². The maximum absolute atomic E-state index is 12.3. The second-order valence-corrected chi connectivity index (χ2v) is 21.8. The maximum Gasteiger partial charge on any atom is 0.235 e. The van der Waals surface area contributed by atoms with Crippen molar-refractivity contribution >= 4 is 71.1 Å². The molecule has 0 radical (unpaired) electrons. The molecule has 0 N–H and O–H groups in total. The molecule has 3 heterocycles. The highest BCUT2D eigenvalue weighted by molar-refractivity contribution is 6.16. The van der Waals surface area contributed by atoms with Gasteiger partial charge in [-0.05, 0) is 146 Å². The normalized spacial score (nSPS) is 11.5. The van der Waals surface area contributed by atoms with E-state index < -0.39 is 0 Å². The van der Waals surface area contributed by atoms with Gasteiger partial charge in [0.05, 0.1) is 62.3 Å². The molecular weight excluding hydrogens is 1030 g/mol. The van der Waals surface area contributed by atoms with Crippen molar-refractivity contribution in [3.05, 3.63) is 314 Å². The van der Waals surface area contributed by atoms with Crippen molar-refractivity contribution in [2.75, 3.05) is 0 Å². The predicted molar refractivity (Wildman–Crippen MR) is 353 cm³/mol. The van der Waals surface area contributed by atoms with E-state index >= 15 is 0 Å².